The maximum atomic E-state index is 12.5. The van der Waals surface area contributed by atoms with Gasteiger partial charge in [0.05, 0.1) is 27.9 Å². The van der Waals surface area contributed by atoms with Gasteiger partial charge in [0, 0.05) is 18.5 Å². The number of carbonyl (C=O) groups is 2. The van der Waals surface area contributed by atoms with Crippen molar-refractivity contribution < 1.29 is 23.1 Å². The van der Waals surface area contributed by atoms with Crippen LogP contribution in [-0.4, -0.2) is 41.4 Å². The van der Waals surface area contributed by atoms with E-state index in [-0.39, 0.29) is 16.1 Å². The van der Waals surface area contributed by atoms with Crippen molar-refractivity contribution in [2.45, 2.75) is 30.7 Å². The number of carboxylic acids is 1. The van der Waals surface area contributed by atoms with Crippen LogP contribution in [0.3, 0.4) is 0 Å². The number of aromatic carboxylic acids is 1. The third-order valence-corrected chi connectivity index (χ3v) is 5.16. The summed E-state index contributed by atoms with van der Waals surface area (Å²) in [6, 6.07) is 3.54. The number of hydrogen-bond donors (Lipinski definition) is 2. The minimum atomic E-state index is -3.62. The van der Waals surface area contributed by atoms with Crippen LogP contribution in [0.25, 0.3) is 0 Å². The van der Waals surface area contributed by atoms with Crippen molar-refractivity contribution in [1.82, 2.24) is 9.78 Å². The van der Waals surface area contributed by atoms with Gasteiger partial charge in [-0.1, -0.05) is 0 Å². The molecule has 1 aliphatic heterocycles. The fraction of sp³-hybridized carbons (Fsp3) is 0.312. The third-order valence-electron chi connectivity index (χ3n) is 4.07. The van der Waals surface area contributed by atoms with Gasteiger partial charge in [-0.2, -0.15) is 5.10 Å². The maximum Gasteiger partial charge on any atom is 0.335 e. The first-order valence-corrected chi connectivity index (χ1v) is 9.59. The molecule has 1 aromatic heterocycles. The van der Waals surface area contributed by atoms with Gasteiger partial charge in [0.15, 0.2) is 9.84 Å². The molecule has 0 unspecified atom stereocenters. The molecule has 2 heterocycles. The Morgan fingerprint density at radius 3 is 2.68 bits per heavy atom. The number of carboxylic acid groups (broad SMARTS) is 1. The fourth-order valence-electron chi connectivity index (χ4n) is 2.82. The summed E-state index contributed by atoms with van der Waals surface area (Å²) in [5.41, 5.74) is 1.15. The first-order valence-electron chi connectivity index (χ1n) is 7.70. The van der Waals surface area contributed by atoms with Crippen molar-refractivity contribution >= 4 is 27.4 Å². The number of amides is 1. The normalized spacial score (nSPS) is 14.0. The Morgan fingerprint density at radius 1 is 1.24 bits per heavy atom. The molecule has 0 saturated carbocycles. The van der Waals surface area contributed by atoms with E-state index in [1.807, 2.05) is 0 Å². The van der Waals surface area contributed by atoms with Crippen LogP contribution in [0.4, 0.5) is 5.69 Å². The Labute approximate surface area is 144 Å². The lowest BCUT2D eigenvalue weighted by Crippen LogP contribution is -2.18. The SMILES string of the molecule is CS(=O)(=O)c1cc(NC(=O)c2cnn3c2CCCC3)cc(C(=O)O)c1. The quantitative estimate of drug-likeness (QED) is 0.851. The van der Waals surface area contributed by atoms with Crippen LogP contribution >= 0.6 is 0 Å². The molecule has 2 aromatic rings. The van der Waals surface area contributed by atoms with E-state index in [4.69, 9.17) is 5.11 Å². The molecular formula is C16H17N3O5S. The highest BCUT2D eigenvalue weighted by molar-refractivity contribution is 7.90. The Balaban J connectivity index is 1.94. The highest BCUT2D eigenvalue weighted by atomic mass is 32.2. The monoisotopic (exact) mass is 363 g/mol. The number of benzene rings is 1. The molecule has 25 heavy (non-hydrogen) atoms. The molecule has 0 saturated heterocycles. The second kappa shape index (κ2) is 6.32. The summed E-state index contributed by atoms with van der Waals surface area (Å²) in [7, 11) is -3.62. The standard InChI is InChI=1S/C16H17N3O5S/c1-25(23,24)12-7-10(16(21)22)6-11(8-12)18-15(20)13-9-17-19-5-3-2-4-14(13)19/h6-9H,2-5H2,1H3,(H,18,20)(H,21,22). The Hall–Kier alpha value is -2.68. The molecule has 0 fully saturated rings. The van der Waals surface area contributed by atoms with Gasteiger partial charge in [-0.05, 0) is 37.5 Å². The number of nitrogens with zero attached hydrogens (tertiary/aromatic N) is 2. The van der Waals surface area contributed by atoms with Gasteiger partial charge in [0.2, 0.25) is 0 Å². The summed E-state index contributed by atoms with van der Waals surface area (Å²) >= 11 is 0. The van der Waals surface area contributed by atoms with Gasteiger partial charge in [-0.3, -0.25) is 9.48 Å². The van der Waals surface area contributed by atoms with Crippen LogP contribution in [-0.2, 0) is 22.8 Å². The van der Waals surface area contributed by atoms with E-state index in [9.17, 15) is 18.0 Å². The molecule has 0 spiro atoms. The van der Waals surface area contributed by atoms with Crippen molar-refractivity contribution in [3.63, 3.8) is 0 Å². The van der Waals surface area contributed by atoms with Crippen LogP contribution in [0.5, 0.6) is 0 Å². The van der Waals surface area contributed by atoms with E-state index in [2.05, 4.69) is 10.4 Å². The maximum absolute atomic E-state index is 12.5. The molecule has 8 nitrogen and oxygen atoms in total. The second-order valence-corrected chi connectivity index (χ2v) is 7.98. The Morgan fingerprint density at radius 2 is 2.00 bits per heavy atom. The number of fused-ring (bicyclic) bond motifs is 1. The van der Waals surface area contributed by atoms with E-state index in [0.29, 0.717) is 5.56 Å². The number of rotatable bonds is 4. The molecule has 1 aliphatic rings. The summed E-state index contributed by atoms with van der Waals surface area (Å²) < 4.78 is 25.3. The largest absolute Gasteiger partial charge is 0.478 e. The van der Waals surface area contributed by atoms with Crippen LogP contribution in [0.2, 0.25) is 0 Å². The van der Waals surface area contributed by atoms with Gasteiger partial charge < -0.3 is 10.4 Å². The van der Waals surface area contributed by atoms with Crippen molar-refractivity contribution in [3.8, 4) is 0 Å². The third kappa shape index (κ3) is 3.55. The van der Waals surface area contributed by atoms with Crippen LogP contribution in [0, 0.1) is 0 Å². The Bertz CT molecular complexity index is 962. The number of hydrogen-bond acceptors (Lipinski definition) is 5. The average Bonchev–Trinajstić information content (AvgIpc) is 2.97. The predicted molar refractivity (Wildman–Crippen MR) is 89.6 cm³/mol. The predicted octanol–water partition coefficient (Wildman–Crippen LogP) is 1.57. The zero-order chi connectivity index (χ0) is 18.2. The van der Waals surface area contributed by atoms with Crippen molar-refractivity contribution in [2.24, 2.45) is 0 Å². The lowest BCUT2D eigenvalue weighted by molar-refractivity contribution is 0.0696. The van der Waals surface area contributed by atoms with Crippen molar-refractivity contribution in [1.29, 1.82) is 0 Å². The zero-order valence-electron chi connectivity index (χ0n) is 13.5. The molecular weight excluding hydrogens is 346 g/mol. The number of aromatic nitrogens is 2. The molecule has 0 radical (unpaired) electrons. The summed E-state index contributed by atoms with van der Waals surface area (Å²) in [5, 5.41) is 15.9. The number of carbonyl (C=O) groups excluding carboxylic acids is 1. The van der Waals surface area contributed by atoms with Crippen LogP contribution < -0.4 is 5.32 Å². The van der Waals surface area contributed by atoms with Gasteiger partial charge in [0.1, 0.15) is 0 Å². The molecule has 9 heteroatoms. The molecule has 0 bridgehead atoms. The van der Waals surface area contributed by atoms with E-state index in [1.54, 1.807) is 4.68 Å². The number of anilines is 1. The van der Waals surface area contributed by atoms with Gasteiger partial charge in [-0.25, -0.2) is 13.2 Å². The lowest BCUT2D eigenvalue weighted by Gasteiger charge is -2.14. The minimum absolute atomic E-state index is 0.112. The van der Waals surface area contributed by atoms with Crippen molar-refractivity contribution in [2.75, 3.05) is 11.6 Å². The summed E-state index contributed by atoms with van der Waals surface area (Å²) in [6.07, 6.45) is 5.18. The van der Waals surface area contributed by atoms with Crippen LogP contribution in [0.1, 0.15) is 39.3 Å². The first kappa shape index (κ1) is 17.2. The van der Waals surface area contributed by atoms with Crippen molar-refractivity contribution in [3.05, 3.63) is 41.2 Å². The molecule has 1 aromatic carbocycles. The minimum Gasteiger partial charge on any atom is -0.478 e. The summed E-state index contributed by atoms with van der Waals surface area (Å²) in [6.45, 7) is 0.759. The highest BCUT2D eigenvalue weighted by Crippen LogP contribution is 2.22. The first-order chi connectivity index (χ1) is 11.8. The molecule has 1 amide bonds. The van der Waals surface area contributed by atoms with Gasteiger partial charge in [0.25, 0.3) is 5.91 Å². The highest BCUT2D eigenvalue weighted by Gasteiger charge is 2.21. The fourth-order valence-corrected chi connectivity index (χ4v) is 3.50. The zero-order valence-corrected chi connectivity index (χ0v) is 14.3. The molecule has 0 aliphatic carbocycles. The average molecular weight is 363 g/mol. The number of aryl methyl sites for hydroxylation is 1. The summed E-state index contributed by atoms with van der Waals surface area (Å²) in [5.74, 6) is -1.71. The van der Waals surface area contributed by atoms with E-state index in [1.165, 1.54) is 18.3 Å². The molecule has 0 atom stereocenters. The van der Waals surface area contributed by atoms with Gasteiger partial charge >= 0.3 is 5.97 Å². The molecule has 3 rings (SSSR count). The second-order valence-electron chi connectivity index (χ2n) is 5.96. The van der Waals surface area contributed by atoms with E-state index < -0.39 is 21.7 Å². The smallest absolute Gasteiger partial charge is 0.335 e. The molecule has 132 valence electrons. The lowest BCUT2D eigenvalue weighted by atomic mass is 10.1. The topological polar surface area (TPSA) is 118 Å². The van der Waals surface area contributed by atoms with Crippen LogP contribution in [0.15, 0.2) is 29.3 Å². The Kier molecular flexibility index (Phi) is 4.34. The number of sulfone groups is 1. The van der Waals surface area contributed by atoms with E-state index >= 15 is 0 Å². The molecule has 2 N–H and O–H groups in total. The van der Waals surface area contributed by atoms with E-state index in [0.717, 1.165) is 43.8 Å². The number of nitrogens with one attached hydrogen (secondary N) is 1. The summed E-state index contributed by atoms with van der Waals surface area (Å²) in [4.78, 5) is 23.6. The van der Waals surface area contributed by atoms with Gasteiger partial charge in [-0.15, -0.1) is 0 Å².